The number of fused-ring (bicyclic) bond motifs is 1. The Hall–Kier alpha value is -2.58. The second-order valence-electron chi connectivity index (χ2n) is 8.12. The fourth-order valence-corrected chi connectivity index (χ4v) is 3.88. The number of halogens is 2. The molecule has 10 heteroatoms. The summed E-state index contributed by atoms with van der Waals surface area (Å²) in [7, 11) is 0. The number of carbonyl (C=O) groups excluding carboxylic acids is 1. The lowest BCUT2D eigenvalue weighted by Crippen LogP contribution is -2.31. The first kappa shape index (κ1) is 24.1. The Kier molecular flexibility index (Phi) is 7.79. The highest BCUT2D eigenvalue weighted by atomic mass is 35.5. The fourth-order valence-electron chi connectivity index (χ4n) is 3.53. The van der Waals surface area contributed by atoms with Crippen LogP contribution in [0.15, 0.2) is 27.8 Å². The molecule has 0 radical (unpaired) electrons. The Balaban J connectivity index is 1.93. The van der Waals surface area contributed by atoms with Crippen molar-refractivity contribution in [2.75, 3.05) is 5.32 Å². The molecule has 0 aliphatic rings. The minimum atomic E-state index is -0.468. The number of rotatable bonds is 9. The van der Waals surface area contributed by atoms with E-state index < -0.39 is 11.2 Å². The summed E-state index contributed by atoms with van der Waals surface area (Å²) in [5.41, 5.74) is 0.228. The lowest BCUT2D eigenvalue weighted by atomic mass is 10.2. The summed E-state index contributed by atoms with van der Waals surface area (Å²) < 4.78 is 3.33. The van der Waals surface area contributed by atoms with E-state index >= 15 is 0 Å². The smallest absolute Gasteiger partial charge is 0.325 e. The third-order valence-corrected chi connectivity index (χ3v) is 5.87. The van der Waals surface area contributed by atoms with Crippen molar-refractivity contribution in [1.82, 2.24) is 19.1 Å². The zero-order valence-electron chi connectivity index (χ0n) is 18.4. The Labute approximate surface area is 195 Å². The van der Waals surface area contributed by atoms with Gasteiger partial charge in [-0.15, -0.1) is 0 Å². The summed E-state index contributed by atoms with van der Waals surface area (Å²) in [4.78, 5) is 44.7. The fraction of sp³-hybridized carbons (Fsp3) is 0.455. The maximum atomic E-state index is 12.7. The van der Waals surface area contributed by atoms with Crippen LogP contribution in [0.3, 0.4) is 0 Å². The minimum Gasteiger partial charge on any atom is -0.325 e. The zero-order valence-corrected chi connectivity index (χ0v) is 19.9. The highest BCUT2D eigenvalue weighted by Crippen LogP contribution is 2.29. The van der Waals surface area contributed by atoms with Gasteiger partial charge >= 0.3 is 5.69 Å². The van der Waals surface area contributed by atoms with Crippen LogP contribution in [0.4, 0.5) is 5.69 Å². The number of aryl methyl sites for hydroxylation is 2. The number of hydrogen-bond donors (Lipinski definition) is 2. The number of aromatic amines is 1. The predicted octanol–water partition coefficient (Wildman–Crippen LogP) is 4.22. The Morgan fingerprint density at radius 3 is 2.66 bits per heavy atom. The lowest BCUT2D eigenvalue weighted by Gasteiger charge is -2.12. The summed E-state index contributed by atoms with van der Waals surface area (Å²) in [6.07, 6.45) is 2.11. The highest BCUT2D eigenvalue weighted by molar-refractivity contribution is 6.43. The molecule has 32 heavy (non-hydrogen) atoms. The molecule has 0 atom stereocenters. The van der Waals surface area contributed by atoms with Gasteiger partial charge in [0.15, 0.2) is 11.2 Å². The molecule has 0 aliphatic carbocycles. The van der Waals surface area contributed by atoms with Crippen molar-refractivity contribution in [2.24, 2.45) is 5.92 Å². The maximum absolute atomic E-state index is 12.7. The molecule has 172 valence electrons. The van der Waals surface area contributed by atoms with Crippen molar-refractivity contribution in [1.29, 1.82) is 0 Å². The van der Waals surface area contributed by atoms with Crippen LogP contribution in [-0.4, -0.2) is 25.0 Å². The van der Waals surface area contributed by atoms with Crippen LogP contribution in [-0.2, 0) is 24.3 Å². The lowest BCUT2D eigenvalue weighted by molar-refractivity contribution is -0.116. The third-order valence-electron chi connectivity index (χ3n) is 5.05. The summed E-state index contributed by atoms with van der Waals surface area (Å²) in [5.74, 6) is 0.567. The van der Waals surface area contributed by atoms with E-state index in [-0.39, 0.29) is 23.3 Å². The van der Waals surface area contributed by atoms with E-state index in [9.17, 15) is 14.4 Å². The molecule has 8 nitrogen and oxygen atoms in total. The Bertz CT molecular complexity index is 1240. The monoisotopic (exact) mass is 479 g/mol. The van der Waals surface area contributed by atoms with E-state index in [0.29, 0.717) is 47.2 Å². The van der Waals surface area contributed by atoms with E-state index in [2.05, 4.69) is 15.3 Å². The molecule has 0 fully saturated rings. The molecular weight excluding hydrogens is 453 g/mol. The number of anilines is 1. The molecule has 2 N–H and O–H groups in total. The Morgan fingerprint density at radius 2 is 1.97 bits per heavy atom. The van der Waals surface area contributed by atoms with Crippen molar-refractivity contribution in [2.45, 2.75) is 59.5 Å². The topological polar surface area (TPSA) is 102 Å². The van der Waals surface area contributed by atoms with Gasteiger partial charge in [0.05, 0.1) is 15.7 Å². The molecule has 0 bridgehead atoms. The number of imidazole rings is 1. The minimum absolute atomic E-state index is 0.126. The quantitative estimate of drug-likeness (QED) is 0.479. The first-order valence-electron chi connectivity index (χ1n) is 10.7. The number of aromatic nitrogens is 4. The molecule has 0 spiro atoms. The number of nitrogens with zero attached hydrogens (tertiary/aromatic N) is 3. The van der Waals surface area contributed by atoms with Gasteiger partial charge in [0.25, 0.3) is 5.56 Å². The normalized spacial score (nSPS) is 11.4. The van der Waals surface area contributed by atoms with E-state index in [1.54, 1.807) is 18.2 Å². The van der Waals surface area contributed by atoms with Crippen LogP contribution in [0.25, 0.3) is 11.2 Å². The molecule has 0 saturated heterocycles. The number of carbonyl (C=O) groups is 1. The van der Waals surface area contributed by atoms with Gasteiger partial charge in [-0.3, -0.25) is 19.1 Å². The largest absolute Gasteiger partial charge is 0.330 e. The molecule has 0 aliphatic heterocycles. The number of hydrogen-bond acceptors (Lipinski definition) is 4. The van der Waals surface area contributed by atoms with E-state index in [0.717, 1.165) is 12.8 Å². The van der Waals surface area contributed by atoms with Gasteiger partial charge in [-0.05, 0) is 24.5 Å². The van der Waals surface area contributed by atoms with Gasteiger partial charge in [-0.1, -0.05) is 56.5 Å². The number of unbranched alkanes of at least 4 members (excludes halogenated alkanes) is 1. The van der Waals surface area contributed by atoms with Crippen LogP contribution in [0, 0.1) is 5.92 Å². The third kappa shape index (κ3) is 5.24. The van der Waals surface area contributed by atoms with Gasteiger partial charge < -0.3 is 9.88 Å². The summed E-state index contributed by atoms with van der Waals surface area (Å²) in [6, 6.07) is 5.02. The van der Waals surface area contributed by atoms with Crippen molar-refractivity contribution < 1.29 is 4.79 Å². The van der Waals surface area contributed by atoms with E-state index in [1.165, 1.54) is 4.57 Å². The van der Waals surface area contributed by atoms with Gasteiger partial charge in [0.1, 0.15) is 5.82 Å². The molecule has 3 aromatic rings. The van der Waals surface area contributed by atoms with Crippen LogP contribution in [0.2, 0.25) is 10.0 Å². The van der Waals surface area contributed by atoms with Gasteiger partial charge in [0.2, 0.25) is 5.91 Å². The van der Waals surface area contributed by atoms with Crippen LogP contribution < -0.4 is 16.6 Å². The van der Waals surface area contributed by atoms with E-state index in [1.807, 2.05) is 25.3 Å². The standard InChI is InChI=1S/C22H27Cl2N5O3/c1-4-5-11-28-20-19(21(31)27-22(28)32)29(12-13(2)3)16(26-20)9-10-17(30)25-15-8-6-7-14(23)18(15)24/h6-8,13H,4-5,9-12H2,1-3H3,(H,25,30)(H,27,31,32). The van der Waals surface area contributed by atoms with Crippen molar-refractivity contribution >= 4 is 46.0 Å². The van der Waals surface area contributed by atoms with Crippen molar-refractivity contribution in [3.63, 3.8) is 0 Å². The summed E-state index contributed by atoms with van der Waals surface area (Å²) >= 11 is 12.2. The van der Waals surface area contributed by atoms with Gasteiger partial charge in [-0.2, -0.15) is 0 Å². The zero-order chi connectivity index (χ0) is 23.4. The van der Waals surface area contributed by atoms with Crippen molar-refractivity contribution in [3.8, 4) is 0 Å². The summed E-state index contributed by atoms with van der Waals surface area (Å²) in [5, 5.41) is 3.39. The molecule has 0 unspecified atom stereocenters. The summed E-state index contributed by atoms with van der Waals surface area (Å²) in [6.45, 7) is 7.11. The first-order valence-corrected chi connectivity index (χ1v) is 11.4. The highest BCUT2D eigenvalue weighted by Gasteiger charge is 2.20. The molecule has 1 amide bonds. The average molecular weight is 480 g/mol. The second kappa shape index (κ2) is 10.4. The van der Waals surface area contributed by atoms with Crippen LogP contribution in [0.5, 0.6) is 0 Å². The van der Waals surface area contributed by atoms with E-state index in [4.69, 9.17) is 23.2 Å². The molecule has 2 heterocycles. The van der Waals surface area contributed by atoms with Gasteiger partial charge in [-0.25, -0.2) is 9.78 Å². The number of nitrogens with one attached hydrogen (secondary N) is 2. The number of benzene rings is 1. The number of amides is 1. The van der Waals surface area contributed by atoms with Crippen molar-refractivity contribution in [3.05, 3.63) is 54.9 Å². The van der Waals surface area contributed by atoms with Gasteiger partial charge in [0, 0.05) is 25.9 Å². The SMILES string of the molecule is CCCCn1c(=O)[nH]c(=O)c2c1nc(CCC(=O)Nc1cccc(Cl)c1Cl)n2CC(C)C. The predicted molar refractivity (Wildman–Crippen MR) is 128 cm³/mol. The molecule has 3 rings (SSSR count). The van der Waals surface area contributed by atoms with Crippen LogP contribution in [0.1, 0.15) is 45.9 Å². The van der Waals surface area contributed by atoms with Crippen LogP contribution >= 0.6 is 23.2 Å². The molecule has 2 aromatic heterocycles. The Morgan fingerprint density at radius 1 is 1.22 bits per heavy atom. The number of H-pyrrole nitrogens is 1. The molecule has 0 saturated carbocycles. The molecular formula is C22H27Cl2N5O3. The maximum Gasteiger partial charge on any atom is 0.330 e. The average Bonchev–Trinajstić information content (AvgIpc) is 3.07. The molecule has 1 aromatic carbocycles. The second-order valence-corrected chi connectivity index (χ2v) is 8.90. The first-order chi connectivity index (χ1) is 15.2.